The summed E-state index contributed by atoms with van der Waals surface area (Å²) in [6, 6.07) is 2.23. The second-order valence-electron chi connectivity index (χ2n) is 6.40. The summed E-state index contributed by atoms with van der Waals surface area (Å²) in [6.45, 7) is 4.36. The summed E-state index contributed by atoms with van der Waals surface area (Å²) in [5, 5.41) is 7.92. The predicted molar refractivity (Wildman–Crippen MR) is 83.9 cm³/mol. The van der Waals surface area contributed by atoms with Crippen LogP contribution in [0.3, 0.4) is 0 Å². The van der Waals surface area contributed by atoms with Gasteiger partial charge in [-0.25, -0.2) is 0 Å². The van der Waals surface area contributed by atoms with E-state index in [9.17, 15) is 4.79 Å². The molecule has 0 unspecified atom stereocenters. The third-order valence-electron chi connectivity index (χ3n) is 4.68. The largest absolute Gasteiger partial charge is 0.384 e. The smallest absolute Gasteiger partial charge is 0.274 e. The van der Waals surface area contributed by atoms with Gasteiger partial charge >= 0.3 is 0 Å². The Morgan fingerprint density at radius 3 is 3.14 bits per heavy atom. The molecule has 6 heteroatoms. The molecule has 0 radical (unpaired) electrons. The Morgan fingerprint density at radius 2 is 2.36 bits per heavy atom. The fraction of sp³-hybridized carbons (Fsp3) is 0.750. The molecular weight excluding hydrogens is 280 g/mol. The topological polar surface area (TPSA) is 59.4 Å². The molecule has 1 aromatic heterocycles. The van der Waals surface area contributed by atoms with Gasteiger partial charge in [0.2, 0.25) is 0 Å². The van der Waals surface area contributed by atoms with Gasteiger partial charge in [0.05, 0.1) is 12.6 Å². The summed E-state index contributed by atoms with van der Waals surface area (Å²) in [6.07, 6.45) is 6.43. The second-order valence-corrected chi connectivity index (χ2v) is 6.40. The highest BCUT2D eigenvalue weighted by Crippen LogP contribution is 2.20. The Labute approximate surface area is 131 Å². The van der Waals surface area contributed by atoms with Crippen LogP contribution in [0.2, 0.25) is 0 Å². The zero-order chi connectivity index (χ0) is 15.4. The molecule has 2 aliphatic heterocycles. The number of methoxy groups -OCH3 is 1. The first-order chi connectivity index (χ1) is 10.8. The van der Waals surface area contributed by atoms with E-state index in [4.69, 9.17) is 4.74 Å². The van der Waals surface area contributed by atoms with Crippen molar-refractivity contribution in [1.82, 2.24) is 20.0 Å². The number of piperidine rings is 2. The van der Waals surface area contributed by atoms with E-state index in [1.165, 1.54) is 6.42 Å². The minimum Gasteiger partial charge on any atom is -0.384 e. The van der Waals surface area contributed by atoms with Gasteiger partial charge in [0.1, 0.15) is 5.69 Å². The maximum Gasteiger partial charge on any atom is 0.274 e. The van der Waals surface area contributed by atoms with Crippen molar-refractivity contribution in [2.45, 2.75) is 31.7 Å². The first-order valence-corrected chi connectivity index (χ1v) is 8.32. The highest BCUT2D eigenvalue weighted by atomic mass is 16.5. The van der Waals surface area contributed by atoms with Gasteiger partial charge in [-0.15, -0.1) is 0 Å². The maximum atomic E-state index is 12.6. The number of likely N-dealkylation sites (tertiary alicyclic amines) is 1. The highest BCUT2D eigenvalue weighted by Gasteiger charge is 2.26. The third-order valence-corrected chi connectivity index (χ3v) is 4.68. The Morgan fingerprint density at radius 1 is 1.45 bits per heavy atom. The number of aromatic nitrogens is 2. The molecule has 2 saturated heterocycles. The lowest BCUT2D eigenvalue weighted by molar-refractivity contribution is 0.0564. The molecule has 0 bridgehead atoms. The Bertz CT molecular complexity index is 494. The van der Waals surface area contributed by atoms with Crippen LogP contribution in [0.5, 0.6) is 0 Å². The number of nitrogens with zero attached hydrogens (tertiary/aromatic N) is 3. The maximum absolute atomic E-state index is 12.6. The fourth-order valence-electron chi connectivity index (χ4n) is 3.50. The number of amides is 1. The monoisotopic (exact) mass is 306 g/mol. The lowest BCUT2D eigenvalue weighted by atomic mass is 9.99. The van der Waals surface area contributed by atoms with Gasteiger partial charge in [-0.1, -0.05) is 0 Å². The summed E-state index contributed by atoms with van der Waals surface area (Å²) in [7, 11) is 1.72. The van der Waals surface area contributed by atoms with E-state index in [2.05, 4.69) is 10.4 Å². The molecule has 122 valence electrons. The Kier molecular flexibility index (Phi) is 5.10. The highest BCUT2D eigenvalue weighted by molar-refractivity contribution is 5.92. The van der Waals surface area contributed by atoms with Crippen LogP contribution < -0.4 is 5.32 Å². The van der Waals surface area contributed by atoms with Crippen LogP contribution in [0, 0.1) is 5.92 Å². The Balaban J connectivity index is 1.63. The molecule has 0 aromatic carbocycles. The Hall–Kier alpha value is -1.40. The van der Waals surface area contributed by atoms with E-state index >= 15 is 0 Å². The zero-order valence-electron chi connectivity index (χ0n) is 13.3. The van der Waals surface area contributed by atoms with Gasteiger partial charge in [0.25, 0.3) is 5.91 Å². The van der Waals surface area contributed by atoms with Crippen LogP contribution in [0.15, 0.2) is 12.3 Å². The molecule has 1 amide bonds. The van der Waals surface area contributed by atoms with Crippen molar-refractivity contribution < 1.29 is 9.53 Å². The van der Waals surface area contributed by atoms with Crippen LogP contribution in [-0.2, 0) is 4.74 Å². The molecule has 2 atom stereocenters. The van der Waals surface area contributed by atoms with Crippen molar-refractivity contribution in [2.75, 3.05) is 39.9 Å². The van der Waals surface area contributed by atoms with Gasteiger partial charge in [0.15, 0.2) is 0 Å². The molecular formula is C16H26N4O2. The predicted octanol–water partition coefficient (Wildman–Crippen LogP) is 1.31. The third kappa shape index (κ3) is 3.50. The van der Waals surface area contributed by atoms with E-state index in [1.54, 1.807) is 7.11 Å². The lowest BCUT2D eigenvalue weighted by Crippen LogP contribution is -2.41. The first-order valence-electron chi connectivity index (χ1n) is 8.32. The molecule has 2 fully saturated rings. The number of carbonyl (C=O) groups is 1. The van der Waals surface area contributed by atoms with Crippen molar-refractivity contribution in [1.29, 1.82) is 0 Å². The second kappa shape index (κ2) is 7.24. The van der Waals surface area contributed by atoms with Crippen molar-refractivity contribution in [3.63, 3.8) is 0 Å². The summed E-state index contributed by atoms with van der Waals surface area (Å²) >= 11 is 0. The lowest BCUT2D eigenvalue weighted by Gasteiger charge is -2.32. The fourth-order valence-corrected chi connectivity index (χ4v) is 3.50. The van der Waals surface area contributed by atoms with Crippen LogP contribution >= 0.6 is 0 Å². The van der Waals surface area contributed by atoms with E-state index < -0.39 is 0 Å². The minimum atomic E-state index is 0.0586. The number of hydrogen-bond acceptors (Lipinski definition) is 4. The summed E-state index contributed by atoms with van der Waals surface area (Å²) in [5.41, 5.74) is 0.573. The summed E-state index contributed by atoms with van der Waals surface area (Å²) < 4.78 is 7.19. The number of hydrogen-bond donors (Lipinski definition) is 1. The molecule has 3 rings (SSSR count). The molecule has 2 aliphatic rings. The number of rotatable bonds is 4. The number of carbonyl (C=O) groups excluding carboxylic acids is 1. The summed E-state index contributed by atoms with van der Waals surface area (Å²) in [4.78, 5) is 14.6. The van der Waals surface area contributed by atoms with E-state index in [1.807, 2.05) is 21.8 Å². The van der Waals surface area contributed by atoms with Crippen LogP contribution in [0.1, 0.15) is 42.2 Å². The SMILES string of the molecule is COC[C@H]1CCCN(C(=O)c2ccn([C@@H]3CCCNC3)n2)C1. The quantitative estimate of drug-likeness (QED) is 0.911. The van der Waals surface area contributed by atoms with E-state index in [0.717, 1.165) is 52.0 Å². The van der Waals surface area contributed by atoms with Gasteiger partial charge < -0.3 is 15.0 Å². The molecule has 3 heterocycles. The van der Waals surface area contributed by atoms with Crippen molar-refractivity contribution in [2.24, 2.45) is 5.92 Å². The van der Waals surface area contributed by atoms with Gasteiger partial charge in [-0.05, 0) is 44.2 Å². The number of nitrogens with one attached hydrogen (secondary N) is 1. The van der Waals surface area contributed by atoms with Crippen LogP contribution in [0.4, 0.5) is 0 Å². The van der Waals surface area contributed by atoms with Crippen LogP contribution in [-0.4, -0.2) is 60.5 Å². The standard InChI is InChI=1S/C16H26N4O2/c1-22-12-13-4-3-8-19(11-13)16(21)15-6-9-20(18-15)14-5-2-7-17-10-14/h6,9,13-14,17H,2-5,7-8,10-12H2,1H3/t13-,14+/m0/s1. The average molecular weight is 306 g/mol. The molecule has 1 aromatic rings. The van der Waals surface area contributed by atoms with Crippen LogP contribution in [0.25, 0.3) is 0 Å². The molecule has 1 N–H and O–H groups in total. The van der Waals surface area contributed by atoms with Crippen molar-refractivity contribution >= 4 is 5.91 Å². The normalized spacial score (nSPS) is 26.1. The average Bonchev–Trinajstić information content (AvgIpc) is 3.05. The molecule has 6 nitrogen and oxygen atoms in total. The van der Waals surface area contributed by atoms with Gasteiger partial charge in [-0.3, -0.25) is 9.48 Å². The zero-order valence-corrected chi connectivity index (χ0v) is 13.3. The minimum absolute atomic E-state index is 0.0586. The van der Waals surface area contributed by atoms with Gasteiger partial charge in [-0.2, -0.15) is 5.10 Å². The van der Waals surface area contributed by atoms with Crippen molar-refractivity contribution in [3.05, 3.63) is 18.0 Å². The summed E-state index contributed by atoms with van der Waals surface area (Å²) in [5.74, 6) is 0.510. The van der Waals surface area contributed by atoms with Crippen molar-refractivity contribution in [3.8, 4) is 0 Å². The van der Waals surface area contributed by atoms with E-state index in [-0.39, 0.29) is 5.91 Å². The number of ether oxygens (including phenoxy) is 1. The molecule has 22 heavy (non-hydrogen) atoms. The molecule has 0 spiro atoms. The van der Waals surface area contributed by atoms with E-state index in [0.29, 0.717) is 17.7 Å². The first kappa shape index (κ1) is 15.5. The van der Waals surface area contributed by atoms with Gasteiger partial charge in [0, 0.05) is 32.9 Å². The molecule has 0 saturated carbocycles. The molecule has 0 aliphatic carbocycles.